The molecule has 0 saturated carbocycles. The molecule has 0 fully saturated rings. The molecule has 0 unspecified atom stereocenters. The molecule has 0 atom stereocenters. The fourth-order valence-electron chi connectivity index (χ4n) is 2.23. The van der Waals surface area contributed by atoms with E-state index in [1.54, 1.807) is 25.1 Å². The number of aromatic nitrogens is 1. The summed E-state index contributed by atoms with van der Waals surface area (Å²) >= 11 is 12.0. The van der Waals surface area contributed by atoms with E-state index in [0.29, 0.717) is 21.7 Å². The smallest absolute Gasteiger partial charge is 0.433 e. The van der Waals surface area contributed by atoms with Crippen LogP contribution in [0.5, 0.6) is 11.5 Å². The predicted octanol–water partition coefficient (Wildman–Crippen LogP) is 6.46. The van der Waals surface area contributed by atoms with Crippen LogP contribution in [0.2, 0.25) is 10.0 Å². The van der Waals surface area contributed by atoms with Crippen LogP contribution >= 0.6 is 23.2 Å². The summed E-state index contributed by atoms with van der Waals surface area (Å²) in [4.78, 5) is 3.65. The van der Waals surface area contributed by atoms with Crippen LogP contribution in [-0.4, -0.2) is 4.98 Å². The molecule has 2 aromatic carbocycles. The molecule has 0 bridgehead atoms. The van der Waals surface area contributed by atoms with Crippen molar-refractivity contribution in [2.75, 3.05) is 0 Å². The highest BCUT2D eigenvalue weighted by Gasteiger charge is 2.33. The van der Waals surface area contributed by atoms with Crippen molar-refractivity contribution in [3.8, 4) is 11.5 Å². The van der Waals surface area contributed by atoms with Crippen LogP contribution in [0.3, 0.4) is 0 Å². The zero-order chi connectivity index (χ0) is 17.5. The molecule has 2 nitrogen and oxygen atoms in total. The lowest BCUT2D eigenvalue weighted by atomic mass is 10.1. The number of hydrogen-bond acceptors (Lipinski definition) is 2. The molecule has 24 heavy (non-hydrogen) atoms. The Morgan fingerprint density at radius 2 is 1.88 bits per heavy atom. The summed E-state index contributed by atoms with van der Waals surface area (Å²) in [6.45, 7) is 1.58. The number of nitrogens with zero attached hydrogens (tertiary/aromatic N) is 1. The quantitative estimate of drug-likeness (QED) is 0.516. The summed E-state index contributed by atoms with van der Waals surface area (Å²) in [6.07, 6.45) is -4.49. The Balaban J connectivity index is 2.05. The molecule has 7 heteroatoms. The van der Waals surface area contributed by atoms with Gasteiger partial charge >= 0.3 is 6.18 Å². The molecule has 1 radical (unpaired) electrons. The van der Waals surface area contributed by atoms with Crippen molar-refractivity contribution in [2.24, 2.45) is 0 Å². The number of rotatable bonds is 2. The van der Waals surface area contributed by atoms with Crippen molar-refractivity contribution < 1.29 is 17.9 Å². The molecular formula is C17H9Cl2F3NO. The second-order valence-corrected chi connectivity index (χ2v) is 5.86. The molecule has 123 valence electrons. The van der Waals surface area contributed by atoms with E-state index in [2.05, 4.69) is 11.1 Å². The number of halogens is 5. The van der Waals surface area contributed by atoms with E-state index < -0.39 is 11.9 Å². The molecule has 0 saturated heterocycles. The first-order valence-electron chi connectivity index (χ1n) is 6.78. The van der Waals surface area contributed by atoms with Crippen molar-refractivity contribution in [3.05, 3.63) is 63.8 Å². The second kappa shape index (κ2) is 6.15. The Bertz CT molecular complexity index is 905. The largest absolute Gasteiger partial charge is 0.454 e. The third-order valence-corrected chi connectivity index (χ3v) is 3.93. The number of alkyl halides is 3. The van der Waals surface area contributed by atoms with Gasteiger partial charge in [0.1, 0.15) is 11.4 Å². The van der Waals surface area contributed by atoms with Gasteiger partial charge in [-0.25, -0.2) is 4.98 Å². The van der Waals surface area contributed by atoms with Gasteiger partial charge in [-0.3, -0.25) is 0 Å². The normalized spacial score (nSPS) is 11.8. The third kappa shape index (κ3) is 3.28. The third-order valence-electron chi connectivity index (χ3n) is 3.35. The van der Waals surface area contributed by atoms with Gasteiger partial charge in [-0.1, -0.05) is 29.3 Å². The number of fused-ring (bicyclic) bond motifs is 1. The van der Waals surface area contributed by atoms with E-state index in [1.807, 2.05) is 0 Å². The Labute approximate surface area is 145 Å². The fraction of sp³-hybridized carbons (Fsp3) is 0.118. The standard InChI is InChI=1S/C17H9Cl2F3NO/c1-9-7-15(17(20,21)22)23-14-6-5-10(8-11(9)14)24-16-12(18)3-2-4-13(16)19/h2-3,5-8H,1H3. The fourth-order valence-corrected chi connectivity index (χ4v) is 2.68. The molecule has 3 aromatic rings. The molecule has 1 aromatic heterocycles. The van der Waals surface area contributed by atoms with E-state index in [-0.39, 0.29) is 16.3 Å². The minimum Gasteiger partial charge on any atom is -0.454 e. The number of ether oxygens (including phenoxy) is 1. The zero-order valence-electron chi connectivity index (χ0n) is 12.2. The SMILES string of the molecule is Cc1cc(C(F)(F)F)nc2ccc(Oc3c(Cl)[c]ccc3Cl)cc12. The lowest BCUT2D eigenvalue weighted by molar-refractivity contribution is -0.141. The summed E-state index contributed by atoms with van der Waals surface area (Å²) in [6, 6.07) is 11.5. The Hall–Kier alpha value is -1.98. The maximum atomic E-state index is 12.8. The minimum atomic E-state index is -4.49. The Morgan fingerprint density at radius 1 is 1.12 bits per heavy atom. The summed E-state index contributed by atoms with van der Waals surface area (Å²) in [7, 11) is 0. The molecule has 0 aliphatic rings. The van der Waals surface area contributed by atoms with E-state index in [9.17, 15) is 13.2 Å². The average molecular weight is 371 g/mol. The van der Waals surface area contributed by atoms with Gasteiger partial charge in [0.05, 0.1) is 15.6 Å². The van der Waals surface area contributed by atoms with Crippen molar-refractivity contribution in [1.82, 2.24) is 4.98 Å². The Morgan fingerprint density at radius 3 is 2.54 bits per heavy atom. The maximum absolute atomic E-state index is 12.8. The van der Waals surface area contributed by atoms with Crippen molar-refractivity contribution >= 4 is 34.1 Å². The van der Waals surface area contributed by atoms with Gasteiger partial charge in [0.25, 0.3) is 0 Å². The number of aryl methyl sites for hydroxylation is 1. The molecule has 0 amide bonds. The monoisotopic (exact) mass is 370 g/mol. The molecule has 0 aliphatic heterocycles. The van der Waals surface area contributed by atoms with Gasteiger partial charge in [0.15, 0.2) is 5.75 Å². The number of pyridine rings is 1. The zero-order valence-corrected chi connectivity index (χ0v) is 13.7. The predicted molar refractivity (Wildman–Crippen MR) is 86.9 cm³/mol. The maximum Gasteiger partial charge on any atom is 0.433 e. The highest BCUT2D eigenvalue weighted by Crippen LogP contribution is 2.37. The highest BCUT2D eigenvalue weighted by molar-refractivity contribution is 6.37. The van der Waals surface area contributed by atoms with Crippen LogP contribution in [-0.2, 0) is 6.18 Å². The lowest BCUT2D eigenvalue weighted by Crippen LogP contribution is -2.08. The van der Waals surface area contributed by atoms with Crippen LogP contribution in [0.15, 0.2) is 36.4 Å². The molecule has 1 heterocycles. The topological polar surface area (TPSA) is 22.1 Å². The molecule has 3 rings (SSSR count). The van der Waals surface area contributed by atoms with Crippen LogP contribution < -0.4 is 4.74 Å². The van der Waals surface area contributed by atoms with E-state index in [4.69, 9.17) is 27.9 Å². The van der Waals surface area contributed by atoms with Crippen molar-refractivity contribution in [1.29, 1.82) is 0 Å². The van der Waals surface area contributed by atoms with Gasteiger partial charge in [-0.05, 0) is 42.8 Å². The summed E-state index contributed by atoms with van der Waals surface area (Å²) < 4.78 is 44.1. The first-order valence-corrected chi connectivity index (χ1v) is 7.53. The molecular weight excluding hydrogens is 362 g/mol. The average Bonchev–Trinajstić information content (AvgIpc) is 2.50. The van der Waals surface area contributed by atoms with E-state index in [0.717, 1.165) is 6.07 Å². The van der Waals surface area contributed by atoms with Gasteiger partial charge < -0.3 is 4.74 Å². The number of hydrogen-bond donors (Lipinski definition) is 0. The first kappa shape index (κ1) is 16.9. The van der Waals surface area contributed by atoms with Crippen LogP contribution in [0, 0.1) is 13.0 Å². The van der Waals surface area contributed by atoms with E-state index in [1.165, 1.54) is 12.1 Å². The van der Waals surface area contributed by atoms with Crippen LogP contribution in [0.25, 0.3) is 10.9 Å². The number of benzene rings is 2. The first-order chi connectivity index (χ1) is 11.3. The highest BCUT2D eigenvalue weighted by atomic mass is 35.5. The molecule has 0 aliphatic carbocycles. The molecule has 0 N–H and O–H groups in total. The van der Waals surface area contributed by atoms with Gasteiger partial charge in [0, 0.05) is 11.5 Å². The summed E-state index contributed by atoms with van der Waals surface area (Å²) in [5, 5.41) is 1.07. The van der Waals surface area contributed by atoms with Gasteiger partial charge in [0.2, 0.25) is 0 Å². The van der Waals surface area contributed by atoms with Gasteiger partial charge in [-0.15, -0.1) is 0 Å². The summed E-state index contributed by atoms with van der Waals surface area (Å²) in [5.41, 5.74) is -0.258. The minimum absolute atomic E-state index is 0.213. The van der Waals surface area contributed by atoms with E-state index >= 15 is 0 Å². The van der Waals surface area contributed by atoms with Crippen molar-refractivity contribution in [3.63, 3.8) is 0 Å². The Kier molecular flexibility index (Phi) is 4.32. The van der Waals surface area contributed by atoms with Crippen LogP contribution in [0.4, 0.5) is 13.2 Å². The summed E-state index contributed by atoms with van der Waals surface area (Å²) in [5.74, 6) is 0.619. The second-order valence-electron chi connectivity index (χ2n) is 5.07. The van der Waals surface area contributed by atoms with Gasteiger partial charge in [-0.2, -0.15) is 13.2 Å². The van der Waals surface area contributed by atoms with Crippen molar-refractivity contribution in [2.45, 2.75) is 13.1 Å². The van der Waals surface area contributed by atoms with Crippen LogP contribution in [0.1, 0.15) is 11.3 Å². The molecule has 0 spiro atoms. The lowest BCUT2D eigenvalue weighted by Gasteiger charge is -2.12.